The molecule has 0 aromatic heterocycles. The number of phenols is 1. The summed E-state index contributed by atoms with van der Waals surface area (Å²) in [4.78, 5) is 0. The largest absolute Gasteiger partial charge is 0.505 e. The molecular formula is C11H16FNO. The fourth-order valence-electron chi connectivity index (χ4n) is 1.25. The van der Waals surface area contributed by atoms with Crippen LogP contribution in [0.4, 0.5) is 4.39 Å². The predicted octanol–water partition coefficient (Wildman–Crippen LogP) is 2.58. The number of rotatable bonds is 1. The molecule has 1 atom stereocenters. The summed E-state index contributed by atoms with van der Waals surface area (Å²) >= 11 is 0. The van der Waals surface area contributed by atoms with E-state index in [1.165, 1.54) is 6.07 Å². The first-order valence-corrected chi connectivity index (χ1v) is 4.57. The zero-order valence-corrected chi connectivity index (χ0v) is 8.71. The second kappa shape index (κ2) is 3.58. The van der Waals surface area contributed by atoms with Crippen LogP contribution in [0.25, 0.3) is 0 Å². The van der Waals surface area contributed by atoms with Gasteiger partial charge in [0, 0.05) is 11.6 Å². The molecule has 78 valence electrons. The van der Waals surface area contributed by atoms with Crippen LogP contribution in [0.3, 0.4) is 0 Å². The zero-order valence-electron chi connectivity index (χ0n) is 8.71. The fraction of sp³-hybridized carbons (Fsp3) is 0.455. The summed E-state index contributed by atoms with van der Waals surface area (Å²) in [6, 6.07) is 4.04. The highest BCUT2D eigenvalue weighted by Crippen LogP contribution is 2.35. The maximum atomic E-state index is 13.0. The number of hydrogen-bond acceptors (Lipinski definition) is 2. The number of benzene rings is 1. The van der Waals surface area contributed by atoms with Crippen LogP contribution in [0.1, 0.15) is 32.4 Å². The van der Waals surface area contributed by atoms with E-state index in [1.807, 2.05) is 20.8 Å². The zero-order chi connectivity index (χ0) is 10.9. The molecule has 0 spiro atoms. The molecule has 0 heterocycles. The Bertz CT molecular complexity index is 331. The molecule has 0 bridgehead atoms. The summed E-state index contributed by atoms with van der Waals surface area (Å²) < 4.78 is 13.0. The predicted molar refractivity (Wildman–Crippen MR) is 54.4 cm³/mol. The summed E-state index contributed by atoms with van der Waals surface area (Å²) in [6.45, 7) is 5.84. The number of halogens is 1. The van der Waals surface area contributed by atoms with Crippen molar-refractivity contribution in [2.24, 2.45) is 11.1 Å². The summed E-state index contributed by atoms with van der Waals surface area (Å²) in [5.74, 6) is -0.961. The SMILES string of the molecule is CC(C)(C)[C@H](N)c1cccc(F)c1O. The van der Waals surface area contributed by atoms with Gasteiger partial charge in [0.05, 0.1) is 0 Å². The fourth-order valence-corrected chi connectivity index (χ4v) is 1.25. The van der Waals surface area contributed by atoms with Crippen LogP contribution in [-0.4, -0.2) is 5.11 Å². The molecule has 0 aliphatic heterocycles. The molecule has 14 heavy (non-hydrogen) atoms. The van der Waals surface area contributed by atoms with E-state index in [0.29, 0.717) is 5.56 Å². The molecule has 3 heteroatoms. The van der Waals surface area contributed by atoms with Crippen LogP contribution in [0, 0.1) is 11.2 Å². The second-order valence-electron chi connectivity index (χ2n) is 4.52. The Morgan fingerprint density at radius 1 is 1.36 bits per heavy atom. The first-order chi connectivity index (χ1) is 6.34. The minimum absolute atomic E-state index is 0.203. The Kier molecular flexibility index (Phi) is 2.81. The van der Waals surface area contributed by atoms with E-state index in [1.54, 1.807) is 12.1 Å². The summed E-state index contributed by atoms with van der Waals surface area (Å²) in [6.07, 6.45) is 0. The van der Waals surface area contributed by atoms with Crippen molar-refractivity contribution in [3.8, 4) is 5.75 Å². The van der Waals surface area contributed by atoms with Crippen LogP contribution in [0.15, 0.2) is 18.2 Å². The monoisotopic (exact) mass is 197 g/mol. The Morgan fingerprint density at radius 2 is 1.93 bits per heavy atom. The van der Waals surface area contributed by atoms with Gasteiger partial charge in [-0.25, -0.2) is 4.39 Å². The first-order valence-electron chi connectivity index (χ1n) is 4.57. The highest BCUT2D eigenvalue weighted by molar-refractivity contribution is 5.36. The van der Waals surface area contributed by atoms with E-state index in [4.69, 9.17) is 5.73 Å². The Hall–Kier alpha value is -1.09. The Labute approximate surface area is 83.6 Å². The van der Waals surface area contributed by atoms with Gasteiger partial charge >= 0.3 is 0 Å². The van der Waals surface area contributed by atoms with Crippen LogP contribution >= 0.6 is 0 Å². The van der Waals surface area contributed by atoms with Gasteiger partial charge < -0.3 is 10.8 Å². The molecule has 3 N–H and O–H groups in total. The van der Waals surface area contributed by atoms with Gasteiger partial charge in [-0.3, -0.25) is 0 Å². The summed E-state index contributed by atoms with van der Waals surface area (Å²) in [5.41, 5.74) is 6.17. The Balaban J connectivity index is 3.14. The van der Waals surface area contributed by atoms with E-state index in [0.717, 1.165) is 0 Å². The molecule has 0 aliphatic rings. The molecule has 0 saturated carbocycles. The standard InChI is InChI=1S/C11H16FNO/c1-11(2,3)10(13)7-5-4-6-8(12)9(7)14/h4-6,10,14H,13H2,1-3H3/t10-/m1/s1. The lowest BCUT2D eigenvalue weighted by Gasteiger charge is -2.27. The number of phenolic OH excluding ortho intramolecular Hbond substituents is 1. The highest BCUT2D eigenvalue weighted by Gasteiger charge is 2.25. The number of para-hydroxylation sites is 1. The van der Waals surface area contributed by atoms with Crippen molar-refractivity contribution in [1.29, 1.82) is 0 Å². The third-order valence-electron chi connectivity index (χ3n) is 2.29. The molecule has 0 aliphatic carbocycles. The van der Waals surface area contributed by atoms with Gasteiger partial charge in [0.1, 0.15) is 0 Å². The lowest BCUT2D eigenvalue weighted by Crippen LogP contribution is -2.26. The third-order valence-corrected chi connectivity index (χ3v) is 2.29. The maximum absolute atomic E-state index is 13.0. The highest BCUT2D eigenvalue weighted by atomic mass is 19.1. The molecular weight excluding hydrogens is 181 g/mol. The van der Waals surface area contributed by atoms with Gasteiger partial charge in [-0.05, 0) is 11.5 Å². The van der Waals surface area contributed by atoms with Crippen molar-refractivity contribution >= 4 is 0 Å². The second-order valence-corrected chi connectivity index (χ2v) is 4.52. The van der Waals surface area contributed by atoms with Crippen molar-refractivity contribution in [3.05, 3.63) is 29.6 Å². The molecule has 1 aromatic carbocycles. The van der Waals surface area contributed by atoms with Gasteiger partial charge in [-0.15, -0.1) is 0 Å². The number of nitrogens with two attached hydrogens (primary N) is 1. The number of aromatic hydroxyl groups is 1. The molecule has 0 saturated heterocycles. The quantitative estimate of drug-likeness (QED) is 0.726. The molecule has 1 aromatic rings. The third kappa shape index (κ3) is 2.04. The van der Waals surface area contributed by atoms with Crippen LogP contribution in [0.2, 0.25) is 0 Å². The smallest absolute Gasteiger partial charge is 0.165 e. The van der Waals surface area contributed by atoms with E-state index in [-0.39, 0.29) is 17.2 Å². The lowest BCUT2D eigenvalue weighted by molar-refractivity contribution is 0.314. The summed E-state index contributed by atoms with van der Waals surface area (Å²) in [7, 11) is 0. The molecule has 1 rings (SSSR count). The van der Waals surface area contributed by atoms with Crippen LogP contribution < -0.4 is 5.73 Å². The van der Waals surface area contributed by atoms with Crippen LogP contribution in [0.5, 0.6) is 5.75 Å². The first kappa shape index (κ1) is 11.0. The topological polar surface area (TPSA) is 46.2 Å². The van der Waals surface area contributed by atoms with E-state index < -0.39 is 5.82 Å². The number of hydrogen-bond donors (Lipinski definition) is 2. The van der Waals surface area contributed by atoms with Crippen molar-refractivity contribution in [2.75, 3.05) is 0 Å². The van der Waals surface area contributed by atoms with E-state index in [9.17, 15) is 9.50 Å². The van der Waals surface area contributed by atoms with Crippen molar-refractivity contribution in [3.63, 3.8) is 0 Å². The molecule has 0 radical (unpaired) electrons. The van der Waals surface area contributed by atoms with Crippen LogP contribution in [-0.2, 0) is 0 Å². The average molecular weight is 197 g/mol. The normalized spacial score (nSPS) is 14.1. The van der Waals surface area contributed by atoms with E-state index in [2.05, 4.69) is 0 Å². The van der Waals surface area contributed by atoms with Gasteiger partial charge in [-0.1, -0.05) is 32.9 Å². The van der Waals surface area contributed by atoms with Gasteiger partial charge in [0.25, 0.3) is 0 Å². The summed E-state index contributed by atoms with van der Waals surface area (Å²) in [5, 5.41) is 9.48. The van der Waals surface area contributed by atoms with Gasteiger partial charge in [-0.2, -0.15) is 0 Å². The van der Waals surface area contributed by atoms with Gasteiger partial charge in [0.2, 0.25) is 0 Å². The molecule has 2 nitrogen and oxygen atoms in total. The average Bonchev–Trinajstić information content (AvgIpc) is 2.07. The molecule has 0 fully saturated rings. The van der Waals surface area contributed by atoms with Crippen molar-refractivity contribution < 1.29 is 9.50 Å². The van der Waals surface area contributed by atoms with Gasteiger partial charge in [0.15, 0.2) is 11.6 Å². The molecule has 0 unspecified atom stereocenters. The maximum Gasteiger partial charge on any atom is 0.165 e. The minimum Gasteiger partial charge on any atom is -0.505 e. The van der Waals surface area contributed by atoms with Crippen molar-refractivity contribution in [1.82, 2.24) is 0 Å². The van der Waals surface area contributed by atoms with Crippen molar-refractivity contribution in [2.45, 2.75) is 26.8 Å². The minimum atomic E-state index is -0.623. The van der Waals surface area contributed by atoms with E-state index >= 15 is 0 Å². The molecule has 0 amide bonds. The lowest BCUT2D eigenvalue weighted by atomic mass is 9.83. The Morgan fingerprint density at radius 3 is 2.43 bits per heavy atom.